The quantitative estimate of drug-likeness (QED) is 0.502. The lowest BCUT2D eigenvalue weighted by atomic mass is 9.95. The predicted molar refractivity (Wildman–Crippen MR) is 142 cm³/mol. The lowest BCUT2D eigenvalue weighted by Gasteiger charge is -2.27. The lowest BCUT2D eigenvalue weighted by molar-refractivity contribution is -0.125. The maximum atomic E-state index is 14.6. The highest BCUT2D eigenvalue weighted by Crippen LogP contribution is 2.31. The zero-order chi connectivity index (χ0) is 26.8. The van der Waals surface area contributed by atoms with Gasteiger partial charge >= 0.3 is 0 Å². The molecular weight excluding hydrogens is 485 g/mol. The molecule has 38 heavy (non-hydrogen) atoms. The normalized spacial score (nSPS) is 19.4. The fraction of sp³-hybridized carbons (Fsp3) is 0.300. The average Bonchev–Trinajstić information content (AvgIpc) is 3.33. The van der Waals surface area contributed by atoms with E-state index in [-0.39, 0.29) is 31.0 Å². The van der Waals surface area contributed by atoms with Crippen molar-refractivity contribution in [3.63, 3.8) is 0 Å². The van der Waals surface area contributed by atoms with E-state index in [0.717, 1.165) is 11.1 Å². The number of carbonyl (C=O) groups excluding carboxylic acids is 3. The summed E-state index contributed by atoms with van der Waals surface area (Å²) in [5, 5.41) is 5.75. The fourth-order valence-corrected chi connectivity index (χ4v) is 4.96. The highest BCUT2D eigenvalue weighted by atomic mass is 19.1. The van der Waals surface area contributed by atoms with Gasteiger partial charge in [0.05, 0.1) is 18.3 Å². The van der Waals surface area contributed by atoms with E-state index in [4.69, 9.17) is 4.74 Å². The molecule has 1 saturated heterocycles. The minimum atomic E-state index is -1.32. The van der Waals surface area contributed by atoms with E-state index in [0.29, 0.717) is 17.4 Å². The first-order chi connectivity index (χ1) is 18.3. The van der Waals surface area contributed by atoms with Gasteiger partial charge in [-0.05, 0) is 40.8 Å². The molecule has 2 aliphatic rings. The average molecular weight is 516 g/mol. The third-order valence-electron chi connectivity index (χ3n) is 7.03. The van der Waals surface area contributed by atoms with Crippen molar-refractivity contribution in [3.05, 3.63) is 95.1 Å². The second-order valence-corrected chi connectivity index (χ2v) is 10.0. The molecule has 0 unspecified atom stereocenters. The monoisotopic (exact) mass is 515 g/mol. The summed E-state index contributed by atoms with van der Waals surface area (Å²) in [5.41, 5.74) is 3.58. The number of halogens is 1. The van der Waals surface area contributed by atoms with Crippen molar-refractivity contribution >= 4 is 23.4 Å². The van der Waals surface area contributed by atoms with Crippen molar-refractivity contribution in [2.75, 3.05) is 18.5 Å². The maximum Gasteiger partial charge on any atom is 0.262 e. The van der Waals surface area contributed by atoms with Gasteiger partial charge < -0.3 is 20.3 Å². The Morgan fingerprint density at radius 3 is 2.39 bits per heavy atom. The Balaban J connectivity index is 1.39. The number of hydrogen-bond acceptors (Lipinski definition) is 4. The molecule has 0 bridgehead atoms. The zero-order valence-electron chi connectivity index (χ0n) is 21.3. The molecule has 196 valence electrons. The number of hydrogen-bond donors (Lipinski definition) is 2. The van der Waals surface area contributed by atoms with Crippen LogP contribution in [-0.2, 0) is 9.59 Å². The molecule has 3 atom stereocenters. The van der Waals surface area contributed by atoms with Gasteiger partial charge in [-0.25, -0.2) is 4.39 Å². The van der Waals surface area contributed by atoms with Crippen molar-refractivity contribution in [3.8, 4) is 5.75 Å². The van der Waals surface area contributed by atoms with Gasteiger partial charge in [0.15, 0.2) is 6.61 Å². The van der Waals surface area contributed by atoms with E-state index in [1.54, 1.807) is 12.1 Å². The van der Waals surface area contributed by atoms with Gasteiger partial charge in [-0.3, -0.25) is 14.4 Å². The molecule has 0 radical (unpaired) electrons. The first-order valence-corrected chi connectivity index (χ1v) is 12.8. The van der Waals surface area contributed by atoms with Crippen molar-refractivity contribution in [2.24, 2.45) is 0 Å². The third kappa shape index (κ3) is 5.25. The summed E-state index contributed by atoms with van der Waals surface area (Å²) in [5.74, 6) is -0.399. The Hall–Kier alpha value is -4.20. The van der Waals surface area contributed by atoms with Crippen LogP contribution in [0.25, 0.3) is 0 Å². The number of amides is 3. The van der Waals surface area contributed by atoms with Gasteiger partial charge in [0.25, 0.3) is 11.8 Å². The van der Waals surface area contributed by atoms with Crippen LogP contribution in [0, 0.1) is 0 Å². The number of nitrogens with zero attached hydrogens (tertiary/aromatic N) is 1. The van der Waals surface area contributed by atoms with Crippen LogP contribution in [0.15, 0.2) is 72.8 Å². The minimum Gasteiger partial charge on any atom is -0.482 e. The Bertz CT molecular complexity index is 1340. The molecule has 2 heterocycles. The molecule has 0 spiro atoms. The van der Waals surface area contributed by atoms with Crippen molar-refractivity contribution in [2.45, 2.75) is 44.4 Å². The summed E-state index contributed by atoms with van der Waals surface area (Å²) >= 11 is 0. The molecule has 0 aromatic heterocycles. The summed E-state index contributed by atoms with van der Waals surface area (Å²) in [6.45, 7) is 3.96. The van der Waals surface area contributed by atoms with Gasteiger partial charge in [0.1, 0.15) is 18.0 Å². The summed E-state index contributed by atoms with van der Waals surface area (Å²) in [4.78, 5) is 40.0. The minimum absolute atomic E-state index is 0.0871. The van der Waals surface area contributed by atoms with Gasteiger partial charge in [-0.1, -0.05) is 68.4 Å². The SMILES string of the molecule is CC(C)c1ccc([C@@H](NC(=O)[C@@H]2C[C@@H](F)CN2C(=O)c2ccc3c(c2)NC(=O)CO3)c2ccccc2)cc1. The van der Waals surface area contributed by atoms with Crippen LogP contribution in [0.1, 0.15) is 59.3 Å². The molecule has 0 aliphatic carbocycles. The second-order valence-electron chi connectivity index (χ2n) is 10.0. The molecule has 7 nitrogen and oxygen atoms in total. The molecule has 5 rings (SSSR count). The second kappa shape index (κ2) is 10.7. The number of benzene rings is 3. The number of anilines is 1. The van der Waals surface area contributed by atoms with E-state index >= 15 is 0 Å². The topological polar surface area (TPSA) is 87.7 Å². The fourth-order valence-electron chi connectivity index (χ4n) is 4.96. The van der Waals surface area contributed by atoms with Crippen LogP contribution < -0.4 is 15.4 Å². The highest BCUT2D eigenvalue weighted by Gasteiger charge is 2.41. The molecule has 0 saturated carbocycles. The molecule has 1 fully saturated rings. The number of carbonyl (C=O) groups is 3. The largest absolute Gasteiger partial charge is 0.482 e. The van der Waals surface area contributed by atoms with E-state index in [1.165, 1.54) is 16.5 Å². The predicted octanol–water partition coefficient (Wildman–Crippen LogP) is 4.60. The van der Waals surface area contributed by atoms with Crippen LogP contribution in [0.5, 0.6) is 5.75 Å². The molecular formula is C30H30FN3O4. The summed E-state index contributed by atoms with van der Waals surface area (Å²) in [7, 11) is 0. The third-order valence-corrected chi connectivity index (χ3v) is 7.03. The van der Waals surface area contributed by atoms with Gasteiger partial charge in [-0.2, -0.15) is 0 Å². The number of rotatable bonds is 6. The Morgan fingerprint density at radius 2 is 1.68 bits per heavy atom. The van der Waals surface area contributed by atoms with E-state index < -0.39 is 30.1 Å². The molecule has 8 heteroatoms. The van der Waals surface area contributed by atoms with Gasteiger partial charge in [0, 0.05) is 12.0 Å². The zero-order valence-corrected chi connectivity index (χ0v) is 21.3. The Kier molecular flexibility index (Phi) is 7.13. The smallest absolute Gasteiger partial charge is 0.262 e. The number of alkyl halides is 1. The Morgan fingerprint density at radius 1 is 1.00 bits per heavy atom. The molecule has 3 aromatic carbocycles. The van der Waals surface area contributed by atoms with Gasteiger partial charge in [0.2, 0.25) is 5.91 Å². The number of fused-ring (bicyclic) bond motifs is 1. The standard InChI is InChI=1S/C30H30FN3O4/c1-18(2)19-8-10-21(11-9-19)28(20-6-4-3-5-7-20)33-29(36)25-15-23(31)16-34(25)30(37)22-12-13-26-24(14-22)32-27(35)17-38-26/h3-14,18,23,25,28H,15-17H2,1-2H3,(H,32,35)(H,33,36)/t23-,25+,28+/m1/s1. The van der Waals surface area contributed by atoms with E-state index in [2.05, 4.69) is 24.5 Å². The lowest BCUT2D eigenvalue weighted by Crippen LogP contribution is -2.47. The number of ether oxygens (including phenoxy) is 1. The number of likely N-dealkylation sites (tertiary alicyclic amines) is 1. The van der Waals surface area contributed by atoms with Crippen LogP contribution in [0.4, 0.5) is 10.1 Å². The summed E-state index contributed by atoms with van der Waals surface area (Å²) < 4.78 is 20.0. The number of nitrogens with one attached hydrogen (secondary N) is 2. The molecule has 3 aromatic rings. The van der Waals surface area contributed by atoms with Crippen LogP contribution in [0.3, 0.4) is 0 Å². The summed E-state index contributed by atoms with van der Waals surface area (Å²) in [6, 6.07) is 20.9. The molecule has 2 aliphatic heterocycles. The van der Waals surface area contributed by atoms with Crippen LogP contribution >= 0.6 is 0 Å². The van der Waals surface area contributed by atoms with E-state index in [1.807, 2.05) is 54.6 Å². The van der Waals surface area contributed by atoms with E-state index in [9.17, 15) is 18.8 Å². The van der Waals surface area contributed by atoms with Crippen LogP contribution in [-0.4, -0.2) is 48.0 Å². The van der Waals surface area contributed by atoms with Gasteiger partial charge in [-0.15, -0.1) is 0 Å². The molecule has 2 N–H and O–H groups in total. The van der Waals surface area contributed by atoms with Crippen molar-refractivity contribution < 1.29 is 23.5 Å². The highest BCUT2D eigenvalue weighted by molar-refractivity contribution is 6.01. The van der Waals surface area contributed by atoms with Crippen molar-refractivity contribution in [1.29, 1.82) is 0 Å². The van der Waals surface area contributed by atoms with Crippen LogP contribution in [0.2, 0.25) is 0 Å². The maximum absolute atomic E-state index is 14.6. The molecule has 3 amide bonds. The Labute approximate surface area is 221 Å². The first kappa shape index (κ1) is 25.4. The first-order valence-electron chi connectivity index (χ1n) is 12.8. The van der Waals surface area contributed by atoms with Crippen molar-refractivity contribution in [1.82, 2.24) is 10.2 Å². The summed E-state index contributed by atoms with van der Waals surface area (Å²) in [6.07, 6.45) is -1.41.